The molecule has 88 valence electrons. The van der Waals surface area contributed by atoms with E-state index < -0.39 is 0 Å². The highest BCUT2D eigenvalue weighted by molar-refractivity contribution is 6.31. The molecule has 0 spiro atoms. The second-order valence-electron chi connectivity index (χ2n) is 3.72. The lowest BCUT2D eigenvalue weighted by molar-refractivity contribution is 0.0976. The van der Waals surface area contributed by atoms with Crippen LogP contribution in [0.15, 0.2) is 18.2 Å². The second-order valence-corrected chi connectivity index (χ2v) is 4.16. The molecule has 0 heterocycles. The summed E-state index contributed by atoms with van der Waals surface area (Å²) in [5, 5.41) is 0.569. The van der Waals surface area contributed by atoms with Gasteiger partial charge >= 0.3 is 0 Å². The van der Waals surface area contributed by atoms with Gasteiger partial charge in [0.05, 0.1) is 12.7 Å². The minimum absolute atomic E-state index is 0.104. The number of halogens is 1. The first-order valence-corrected chi connectivity index (χ1v) is 5.93. The van der Waals surface area contributed by atoms with Gasteiger partial charge in [-0.2, -0.15) is 0 Å². The molecule has 0 aliphatic rings. The van der Waals surface area contributed by atoms with Crippen LogP contribution in [0, 0.1) is 0 Å². The summed E-state index contributed by atoms with van der Waals surface area (Å²) in [5.41, 5.74) is 0.589. The predicted octanol–water partition coefficient (Wildman–Crippen LogP) is 4.11. The molecule has 1 rings (SSSR count). The maximum atomic E-state index is 11.9. The van der Waals surface area contributed by atoms with Crippen molar-refractivity contribution in [2.75, 3.05) is 7.11 Å². The number of rotatable bonds is 6. The van der Waals surface area contributed by atoms with Gasteiger partial charge in [0, 0.05) is 11.4 Å². The molecule has 0 aromatic heterocycles. The van der Waals surface area contributed by atoms with E-state index in [0.717, 1.165) is 19.3 Å². The summed E-state index contributed by atoms with van der Waals surface area (Å²) in [7, 11) is 1.56. The molecule has 0 amide bonds. The van der Waals surface area contributed by atoms with Crippen molar-refractivity contribution in [1.29, 1.82) is 0 Å². The summed E-state index contributed by atoms with van der Waals surface area (Å²) < 4.78 is 5.15. The molecule has 2 nitrogen and oxygen atoms in total. The summed E-state index contributed by atoms with van der Waals surface area (Å²) in [6.45, 7) is 2.12. The number of hydrogen-bond acceptors (Lipinski definition) is 2. The van der Waals surface area contributed by atoms with Gasteiger partial charge in [0.2, 0.25) is 0 Å². The van der Waals surface area contributed by atoms with Gasteiger partial charge in [-0.3, -0.25) is 4.79 Å². The van der Waals surface area contributed by atoms with Crippen molar-refractivity contribution in [1.82, 2.24) is 0 Å². The first-order chi connectivity index (χ1) is 7.69. The monoisotopic (exact) mass is 240 g/mol. The number of hydrogen-bond donors (Lipinski definition) is 0. The molecule has 0 radical (unpaired) electrons. The quantitative estimate of drug-likeness (QED) is 0.553. The summed E-state index contributed by atoms with van der Waals surface area (Å²) >= 11 is 5.87. The molecule has 1 aromatic rings. The molecule has 0 atom stereocenters. The molecular weight excluding hydrogens is 224 g/mol. The van der Waals surface area contributed by atoms with Crippen molar-refractivity contribution < 1.29 is 9.53 Å². The van der Waals surface area contributed by atoms with Crippen LogP contribution in [0.4, 0.5) is 0 Å². The average molecular weight is 241 g/mol. The molecule has 0 saturated carbocycles. The van der Waals surface area contributed by atoms with Crippen LogP contribution >= 0.6 is 11.6 Å². The highest BCUT2D eigenvalue weighted by Crippen LogP contribution is 2.24. The third kappa shape index (κ3) is 3.53. The van der Waals surface area contributed by atoms with Gasteiger partial charge in [0.1, 0.15) is 5.75 Å². The van der Waals surface area contributed by atoms with Crippen LogP contribution in [-0.4, -0.2) is 12.9 Å². The largest absolute Gasteiger partial charge is 0.496 e. The van der Waals surface area contributed by atoms with Crippen molar-refractivity contribution in [2.24, 2.45) is 0 Å². The molecule has 0 N–H and O–H groups in total. The van der Waals surface area contributed by atoms with E-state index in [4.69, 9.17) is 16.3 Å². The van der Waals surface area contributed by atoms with Gasteiger partial charge in [0.15, 0.2) is 5.78 Å². The van der Waals surface area contributed by atoms with Crippen molar-refractivity contribution in [3.05, 3.63) is 28.8 Å². The van der Waals surface area contributed by atoms with Crippen LogP contribution in [0.3, 0.4) is 0 Å². The van der Waals surface area contributed by atoms with Crippen molar-refractivity contribution in [2.45, 2.75) is 32.6 Å². The number of carbonyl (C=O) groups excluding carboxylic acids is 1. The maximum absolute atomic E-state index is 11.9. The van der Waals surface area contributed by atoms with Crippen LogP contribution in [0.5, 0.6) is 5.75 Å². The first-order valence-electron chi connectivity index (χ1n) is 5.55. The van der Waals surface area contributed by atoms with Gasteiger partial charge in [-0.15, -0.1) is 0 Å². The molecule has 0 saturated heterocycles. The number of Topliss-reactive ketones (excluding diaryl/α,β-unsaturated/α-hetero) is 1. The Bertz CT molecular complexity index is 361. The minimum Gasteiger partial charge on any atom is -0.496 e. The van der Waals surface area contributed by atoms with Crippen LogP contribution in [0.2, 0.25) is 5.02 Å². The Morgan fingerprint density at radius 2 is 2.12 bits per heavy atom. The Morgan fingerprint density at radius 3 is 2.75 bits per heavy atom. The lowest BCUT2D eigenvalue weighted by atomic mass is 10.0. The minimum atomic E-state index is 0.104. The van der Waals surface area contributed by atoms with E-state index in [1.54, 1.807) is 25.3 Å². The van der Waals surface area contributed by atoms with Crippen LogP contribution in [-0.2, 0) is 0 Å². The van der Waals surface area contributed by atoms with E-state index in [1.165, 1.54) is 0 Å². The Morgan fingerprint density at radius 1 is 1.38 bits per heavy atom. The normalized spacial score (nSPS) is 10.2. The number of methoxy groups -OCH3 is 1. The number of ketones is 1. The summed E-state index contributed by atoms with van der Waals surface area (Å²) in [6.07, 6.45) is 3.67. The Labute approximate surface area is 102 Å². The van der Waals surface area contributed by atoms with E-state index in [2.05, 4.69) is 6.92 Å². The molecule has 3 heteroatoms. The Balaban J connectivity index is 2.76. The number of benzene rings is 1. The Kier molecular flexibility index (Phi) is 5.33. The summed E-state index contributed by atoms with van der Waals surface area (Å²) in [6, 6.07) is 5.13. The molecule has 0 fully saturated rings. The smallest absolute Gasteiger partial charge is 0.166 e. The first kappa shape index (κ1) is 13.0. The zero-order chi connectivity index (χ0) is 12.0. The molecule has 0 aliphatic carbocycles. The third-order valence-electron chi connectivity index (χ3n) is 2.47. The fourth-order valence-corrected chi connectivity index (χ4v) is 1.74. The van der Waals surface area contributed by atoms with Crippen molar-refractivity contribution >= 4 is 17.4 Å². The molecule has 0 bridgehead atoms. The molecule has 0 unspecified atom stereocenters. The van der Waals surface area contributed by atoms with E-state index in [9.17, 15) is 4.79 Å². The zero-order valence-corrected chi connectivity index (χ0v) is 10.5. The van der Waals surface area contributed by atoms with Crippen molar-refractivity contribution in [3.8, 4) is 5.75 Å². The standard InChI is InChI=1S/C13H17ClO2/c1-3-4-5-6-12(15)11-9-10(14)7-8-13(11)16-2/h7-9H,3-6H2,1-2H3. The topological polar surface area (TPSA) is 26.3 Å². The number of carbonyl (C=O) groups is 1. The molecule has 0 aliphatic heterocycles. The highest BCUT2D eigenvalue weighted by atomic mass is 35.5. The Hall–Kier alpha value is -1.02. The third-order valence-corrected chi connectivity index (χ3v) is 2.70. The maximum Gasteiger partial charge on any atom is 0.166 e. The summed E-state index contributed by atoms with van der Waals surface area (Å²) in [4.78, 5) is 11.9. The number of ether oxygens (including phenoxy) is 1. The van der Waals surface area contributed by atoms with E-state index in [-0.39, 0.29) is 5.78 Å². The fourth-order valence-electron chi connectivity index (χ4n) is 1.57. The van der Waals surface area contributed by atoms with E-state index in [0.29, 0.717) is 22.8 Å². The van der Waals surface area contributed by atoms with Crippen LogP contribution < -0.4 is 4.74 Å². The van der Waals surface area contributed by atoms with Gasteiger partial charge in [-0.25, -0.2) is 0 Å². The molecule has 1 aromatic carbocycles. The molecular formula is C13H17ClO2. The summed E-state index contributed by atoms with van der Waals surface area (Å²) in [5.74, 6) is 0.707. The van der Waals surface area contributed by atoms with E-state index in [1.807, 2.05) is 0 Å². The van der Waals surface area contributed by atoms with Crippen LogP contribution in [0.25, 0.3) is 0 Å². The van der Waals surface area contributed by atoms with Gasteiger partial charge < -0.3 is 4.74 Å². The predicted molar refractivity (Wildman–Crippen MR) is 66.5 cm³/mol. The highest BCUT2D eigenvalue weighted by Gasteiger charge is 2.12. The molecule has 16 heavy (non-hydrogen) atoms. The SMILES string of the molecule is CCCCCC(=O)c1cc(Cl)ccc1OC. The van der Waals surface area contributed by atoms with Gasteiger partial charge in [-0.05, 0) is 24.6 Å². The van der Waals surface area contributed by atoms with E-state index >= 15 is 0 Å². The lowest BCUT2D eigenvalue weighted by Crippen LogP contribution is -2.02. The van der Waals surface area contributed by atoms with Gasteiger partial charge in [0.25, 0.3) is 0 Å². The fraction of sp³-hybridized carbons (Fsp3) is 0.462. The van der Waals surface area contributed by atoms with Gasteiger partial charge in [-0.1, -0.05) is 31.4 Å². The second kappa shape index (κ2) is 6.54. The zero-order valence-electron chi connectivity index (χ0n) is 9.75. The average Bonchev–Trinajstić information content (AvgIpc) is 2.29. The lowest BCUT2D eigenvalue weighted by Gasteiger charge is -2.07. The number of unbranched alkanes of at least 4 members (excludes halogenated alkanes) is 2. The van der Waals surface area contributed by atoms with Crippen LogP contribution in [0.1, 0.15) is 43.0 Å². The van der Waals surface area contributed by atoms with Crippen molar-refractivity contribution in [3.63, 3.8) is 0 Å².